The molecule has 1 saturated heterocycles. The lowest BCUT2D eigenvalue weighted by atomic mass is 10.1. The van der Waals surface area contributed by atoms with Gasteiger partial charge in [-0.1, -0.05) is 19.9 Å². The lowest BCUT2D eigenvalue weighted by Gasteiger charge is -2.16. The van der Waals surface area contributed by atoms with Crippen LogP contribution in [-0.2, 0) is 0 Å². The van der Waals surface area contributed by atoms with Crippen molar-refractivity contribution in [3.05, 3.63) is 58.9 Å². The Morgan fingerprint density at radius 3 is 2.44 bits per heavy atom. The standard InChI is InChI=1S/C18H18F3N3O.C2H6/c1-10-2-3-15(13(20)6-10)24-16-8-11(19)7-14(21)17(16)18(25)23-12-4-5-22-9-12;1-2/h2-3,6-8,12,22,24H,4-5,9H2,1H3,(H,23,25);1-2H3. The lowest BCUT2D eigenvalue weighted by Crippen LogP contribution is -2.37. The van der Waals surface area contributed by atoms with Crippen molar-refractivity contribution >= 4 is 17.3 Å². The number of hydrogen-bond acceptors (Lipinski definition) is 3. The summed E-state index contributed by atoms with van der Waals surface area (Å²) in [5.74, 6) is -3.10. The van der Waals surface area contributed by atoms with Crippen LogP contribution >= 0.6 is 0 Å². The third-order valence-corrected chi connectivity index (χ3v) is 4.07. The highest BCUT2D eigenvalue weighted by Crippen LogP contribution is 2.27. The van der Waals surface area contributed by atoms with Gasteiger partial charge >= 0.3 is 0 Å². The molecular weight excluding hydrogens is 355 g/mol. The van der Waals surface area contributed by atoms with Gasteiger partial charge in [-0.15, -0.1) is 0 Å². The molecule has 0 saturated carbocycles. The monoisotopic (exact) mass is 379 g/mol. The second-order valence-electron chi connectivity index (χ2n) is 6.08. The van der Waals surface area contributed by atoms with Crippen molar-refractivity contribution in [1.82, 2.24) is 10.6 Å². The predicted octanol–water partition coefficient (Wildman–Crippen LogP) is 4.27. The van der Waals surface area contributed by atoms with Crippen LogP contribution < -0.4 is 16.0 Å². The summed E-state index contributed by atoms with van der Waals surface area (Å²) in [4.78, 5) is 12.4. The average molecular weight is 379 g/mol. The number of halogens is 3. The Labute approximate surface area is 157 Å². The maximum absolute atomic E-state index is 14.3. The molecule has 0 aromatic heterocycles. The number of amides is 1. The van der Waals surface area contributed by atoms with Gasteiger partial charge in [0.2, 0.25) is 0 Å². The second kappa shape index (κ2) is 9.41. The van der Waals surface area contributed by atoms with Crippen LogP contribution in [0.3, 0.4) is 0 Å². The van der Waals surface area contributed by atoms with E-state index in [0.29, 0.717) is 18.2 Å². The van der Waals surface area contributed by atoms with Gasteiger partial charge in [0, 0.05) is 18.7 Å². The molecule has 2 aromatic carbocycles. The largest absolute Gasteiger partial charge is 0.352 e. The summed E-state index contributed by atoms with van der Waals surface area (Å²) < 4.78 is 41.9. The molecule has 3 N–H and O–H groups in total. The van der Waals surface area contributed by atoms with Crippen molar-refractivity contribution < 1.29 is 18.0 Å². The Hall–Kier alpha value is -2.54. The molecule has 1 atom stereocenters. The molecule has 0 spiro atoms. The maximum Gasteiger partial charge on any atom is 0.256 e. The fraction of sp³-hybridized carbons (Fsp3) is 0.350. The first-order valence-corrected chi connectivity index (χ1v) is 8.98. The maximum atomic E-state index is 14.3. The van der Waals surface area contributed by atoms with Crippen LogP contribution in [-0.4, -0.2) is 25.0 Å². The number of carbonyl (C=O) groups is 1. The van der Waals surface area contributed by atoms with Crippen molar-refractivity contribution in [3.8, 4) is 0 Å². The van der Waals surface area contributed by atoms with E-state index in [2.05, 4.69) is 16.0 Å². The van der Waals surface area contributed by atoms with E-state index < -0.39 is 23.4 Å². The van der Waals surface area contributed by atoms with Crippen LogP contribution in [0.25, 0.3) is 0 Å². The van der Waals surface area contributed by atoms with E-state index in [1.807, 2.05) is 13.8 Å². The van der Waals surface area contributed by atoms with Crippen molar-refractivity contribution in [2.45, 2.75) is 33.2 Å². The van der Waals surface area contributed by atoms with Gasteiger partial charge in [-0.3, -0.25) is 4.79 Å². The molecule has 1 amide bonds. The molecule has 1 heterocycles. The molecule has 27 heavy (non-hydrogen) atoms. The highest BCUT2D eigenvalue weighted by atomic mass is 19.1. The van der Waals surface area contributed by atoms with Crippen molar-refractivity contribution in [3.63, 3.8) is 0 Å². The number of hydrogen-bond donors (Lipinski definition) is 3. The Balaban J connectivity index is 0.00000126. The molecule has 1 unspecified atom stereocenters. The van der Waals surface area contributed by atoms with Crippen molar-refractivity contribution in [1.29, 1.82) is 0 Å². The van der Waals surface area contributed by atoms with Crippen LogP contribution in [0.5, 0.6) is 0 Å². The molecule has 7 heteroatoms. The van der Waals surface area contributed by atoms with Gasteiger partial charge in [0.05, 0.1) is 16.9 Å². The minimum absolute atomic E-state index is 0.0344. The minimum Gasteiger partial charge on any atom is -0.352 e. The van der Waals surface area contributed by atoms with Crippen LogP contribution in [0, 0.1) is 24.4 Å². The second-order valence-corrected chi connectivity index (χ2v) is 6.08. The highest BCUT2D eigenvalue weighted by molar-refractivity contribution is 6.00. The number of aryl methyl sites for hydroxylation is 1. The summed E-state index contributed by atoms with van der Waals surface area (Å²) >= 11 is 0. The van der Waals surface area contributed by atoms with Gasteiger partial charge in [0.1, 0.15) is 17.5 Å². The molecule has 146 valence electrons. The average Bonchev–Trinajstić information content (AvgIpc) is 3.11. The fourth-order valence-electron chi connectivity index (χ4n) is 2.80. The molecule has 3 rings (SSSR count). The molecular formula is C20H24F3N3O. The smallest absolute Gasteiger partial charge is 0.256 e. The lowest BCUT2D eigenvalue weighted by molar-refractivity contribution is 0.0937. The van der Waals surface area contributed by atoms with Crippen LogP contribution in [0.1, 0.15) is 36.2 Å². The molecule has 0 aliphatic carbocycles. The SMILES string of the molecule is CC.Cc1ccc(Nc2cc(F)cc(F)c2C(=O)NC2CCNC2)c(F)c1. The third-order valence-electron chi connectivity index (χ3n) is 4.07. The van der Waals surface area contributed by atoms with Gasteiger partial charge < -0.3 is 16.0 Å². The first-order chi connectivity index (χ1) is 12.9. The number of benzene rings is 2. The summed E-state index contributed by atoms with van der Waals surface area (Å²) in [7, 11) is 0. The zero-order chi connectivity index (χ0) is 20.0. The van der Waals surface area contributed by atoms with E-state index in [1.54, 1.807) is 13.0 Å². The van der Waals surface area contributed by atoms with E-state index >= 15 is 0 Å². The molecule has 0 radical (unpaired) electrons. The van der Waals surface area contributed by atoms with Crippen molar-refractivity contribution in [2.75, 3.05) is 18.4 Å². The molecule has 1 aliphatic rings. The number of rotatable bonds is 4. The quantitative estimate of drug-likeness (QED) is 0.744. The summed E-state index contributed by atoms with van der Waals surface area (Å²) in [5, 5.41) is 8.42. The highest BCUT2D eigenvalue weighted by Gasteiger charge is 2.23. The molecule has 1 fully saturated rings. The van der Waals surface area contributed by atoms with Crippen LogP contribution in [0.15, 0.2) is 30.3 Å². The molecule has 1 aliphatic heterocycles. The minimum atomic E-state index is -1.00. The van der Waals surface area contributed by atoms with Gasteiger partial charge in [-0.05, 0) is 43.7 Å². The summed E-state index contributed by atoms with van der Waals surface area (Å²) in [6, 6.07) is 5.90. The Morgan fingerprint density at radius 2 is 1.81 bits per heavy atom. The number of anilines is 2. The van der Waals surface area contributed by atoms with Gasteiger partial charge in [-0.25, -0.2) is 13.2 Å². The van der Waals surface area contributed by atoms with Crippen LogP contribution in [0.4, 0.5) is 24.5 Å². The number of carbonyl (C=O) groups excluding carboxylic acids is 1. The summed E-state index contributed by atoms with van der Waals surface area (Å²) in [6.45, 7) is 7.07. The Bertz CT molecular complexity index is 805. The van der Waals surface area contributed by atoms with E-state index in [-0.39, 0.29) is 23.0 Å². The summed E-state index contributed by atoms with van der Waals surface area (Å²) in [6.07, 6.45) is 0.726. The first-order valence-electron chi connectivity index (χ1n) is 8.98. The van der Waals surface area contributed by atoms with Gasteiger partial charge in [-0.2, -0.15) is 0 Å². The van der Waals surface area contributed by atoms with E-state index in [0.717, 1.165) is 19.0 Å². The molecule has 2 aromatic rings. The van der Waals surface area contributed by atoms with E-state index in [1.165, 1.54) is 12.1 Å². The zero-order valence-corrected chi connectivity index (χ0v) is 15.6. The topological polar surface area (TPSA) is 53.2 Å². The predicted molar refractivity (Wildman–Crippen MR) is 101 cm³/mol. The Morgan fingerprint density at radius 1 is 1.07 bits per heavy atom. The molecule has 0 bridgehead atoms. The fourth-order valence-corrected chi connectivity index (χ4v) is 2.80. The normalized spacial score (nSPS) is 15.7. The molecule has 4 nitrogen and oxygen atoms in total. The van der Waals surface area contributed by atoms with E-state index in [9.17, 15) is 18.0 Å². The van der Waals surface area contributed by atoms with Gasteiger partial charge in [0.15, 0.2) is 0 Å². The summed E-state index contributed by atoms with van der Waals surface area (Å²) in [5.41, 5.74) is 0.282. The Kier molecular flexibility index (Phi) is 7.24. The van der Waals surface area contributed by atoms with Crippen LogP contribution in [0.2, 0.25) is 0 Å². The number of nitrogens with one attached hydrogen (secondary N) is 3. The zero-order valence-electron chi connectivity index (χ0n) is 15.6. The van der Waals surface area contributed by atoms with Gasteiger partial charge in [0.25, 0.3) is 5.91 Å². The van der Waals surface area contributed by atoms with E-state index in [4.69, 9.17) is 0 Å². The third kappa shape index (κ3) is 5.23. The van der Waals surface area contributed by atoms with Crippen molar-refractivity contribution in [2.24, 2.45) is 0 Å². The first kappa shape index (κ1) is 20.8.